The molecular weight excluding hydrogens is 148 g/mol. The van der Waals surface area contributed by atoms with Crippen LogP contribution in [0, 0.1) is 0 Å². The summed E-state index contributed by atoms with van der Waals surface area (Å²) in [5.41, 5.74) is 13.1. The minimum atomic E-state index is 0.398. The second-order valence-corrected chi connectivity index (χ2v) is 2.38. The molecule has 0 aromatic heterocycles. The molecule has 64 valence electrons. The lowest BCUT2D eigenvalue weighted by atomic mass is 10.1. The number of nitrogens with two attached hydrogens (primary N) is 2. The van der Waals surface area contributed by atoms with Crippen LogP contribution in [0.25, 0.3) is 0 Å². The van der Waals surface area contributed by atoms with Gasteiger partial charge < -0.3 is 11.5 Å². The van der Waals surface area contributed by atoms with Gasteiger partial charge in [0.05, 0.1) is 0 Å². The van der Waals surface area contributed by atoms with Crippen molar-refractivity contribution in [1.29, 1.82) is 0 Å². The Balaban J connectivity index is 4.57. The lowest BCUT2D eigenvalue weighted by Crippen LogP contribution is -2.02. The van der Waals surface area contributed by atoms with Crippen molar-refractivity contribution < 1.29 is 0 Å². The topological polar surface area (TPSA) is 52.0 Å². The summed E-state index contributed by atoms with van der Waals surface area (Å²) in [4.78, 5) is 0. The summed E-state index contributed by atoms with van der Waals surface area (Å²) in [5.74, 6) is 0. The number of hydrogen-bond donors (Lipinski definition) is 2. The van der Waals surface area contributed by atoms with Gasteiger partial charge in [-0.25, -0.2) is 0 Å². The Bertz CT molecular complexity index is 270. The van der Waals surface area contributed by atoms with Gasteiger partial charge in [0.15, 0.2) is 0 Å². The van der Waals surface area contributed by atoms with Crippen molar-refractivity contribution in [2.45, 2.75) is 0 Å². The van der Waals surface area contributed by atoms with Gasteiger partial charge in [0, 0.05) is 11.4 Å². The molecule has 0 atom stereocenters. The Labute approximate surface area is 73.3 Å². The highest BCUT2D eigenvalue weighted by Crippen LogP contribution is 2.07. The molecule has 0 rings (SSSR count). The Morgan fingerprint density at radius 2 is 1.50 bits per heavy atom. The van der Waals surface area contributed by atoms with Gasteiger partial charge in [0.1, 0.15) is 0 Å². The quantitative estimate of drug-likeness (QED) is 0.617. The molecule has 0 bridgehead atoms. The fourth-order valence-electron chi connectivity index (χ4n) is 0.491. The average Bonchev–Trinajstić information content (AvgIpc) is 2.02. The normalized spacial score (nSPS) is 10.5. The molecule has 4 N–H and O–H groups in total. The molecule has 0 aromatic carbocycles. The van der Waals surface area contributed by atoms with Crippen LogP contribution in [0.5, 0.6) is 0 Å². The highest BCUT2D eigenvalue weighted by atomic mass is 14.6. The predicted molar refractivity (Wildman–Crippen MR) is 54.1 cm³/mol. The molecule has 0 amide bonds. The molecule has 0 saturated heterocycles. The molecule has 2 nitrogen and oxygen atoms in total. The largest absolute Gasteiger partial charge is 0.399 e. The maximum absolute atomic E-state index is 5.60. The van der Waals surface area contributed by atoms with Gasteiger partial charge in [-0.1, -0.05) is 32.4 Å². The third-order valence-corrected chi connectivity index (χ3v) is 1.36. The average molecular weight is 162 g/mol. The first-order valence-corrected chi connectivity index (χ1v) is 3.41. The molecule has 0 saturated carbocycles. The molecule has 0 aromatic rings. The van der Waals surface area contributed by atoms with E-state index in [2.05, 4.69) is 26.3 Å². The van der Waals surface area contributed by atoms with Crippen molar-refractivity contribution in [3.63, 3.8) is 0 Å². The van der Waals surface area contributed by atoms with Crippen LogP contribution in [0.1, 0.15) is 0 Å². The van der Waals surface area contributed by atoms with Crippen LogP contribution in [0.15, 0.2) is 61.0 Å². The zero-order valence-corrected chi connectivity index (χ0v) is 7.14. The van der Waals surface area contributed by atoms with Crippen molar-refractivity contribution >= 4 is 0 Å². The highest BCUT2D eigenvalue weighted by Gasteiger charge is 1.95. The van der Waals surface area contributed by atoms with Crippen molar-refractivity contribution in [2.24, 2.45) is 11.5 Å². The van der Waals surface area contributed by atoms with E-state index in [1.165, 1.54) is 0 Å². The summed E-state index contributed by atoms with van der Waals surface area (Å²) in [7, 11) is 0. The van der Waals surface area contributed by atoms with Crippen LogP contribution in [0.2, 0.25) is 0 Å². The van der Waals surface area contributed by atoms with E-state index in [-0.39, 0.29) is 0 Å². The van der Waals surface area contributed by atoms with Gasteiger partial charge in [0.25, 0.3) is 0 Å². The van der Waals surface area contributed by atoms with Crippen molar-refractivity contribution in [3.8, 4) is 0 Å². The summed E-state index contributed by atoms with van der Waals surface area (Å²) in [6.07, 6.45) is 3.19. The van der Waals surface area contributed by atoms with Gasteiger partial charge >= 0.3 is 0 Å². The first-order chi connectivity index (χ1) is 5.49. The second-order valence-electron chi connectivity index (χ2n) is 2.38. The first-order valence-electron chi connectivity index (χ1n) is 3.41. The van der Waals surface area contributed by atoms with Crippen molar-refractivity contribution in [3.05, 3.63) is 61.0 Å². The smallest absolute Gasteiger partial charge is 0.0387 e. The number of allylic oxidation sites excluding steroid dienone is 2. The van der Waals surface area contributed by atoms with Crippen molar-refractivity contribution in [1.82, 2.24) is 0 Å². The van der Waals surface area contributed by atoms with E-state index in [0.717, 1.165) is 0 Å². The van der Waals surface area contributed by atoms with Crippen LogP contribution < -0.4 is 11.5 Å². The van der Waals surface area contributed by atoms with Crippen molar-refractivity contribution in [2.75, 3.05) is 0 Å². The number of hydrogen-bond acceptors (Lipinski definition) is 2. The molecular formula is C10H14N2. The Hall–Kier alpha value is -1.70. The fraction of sp³-hybridized carbons (Fsp3) is 0. The molecule has 12 heavy (non-hydrogen) atoms. The van der Waals surface area contributed by atoms with E-state index in [9.17, 15) is 0 Å². The zero-order valence-electron chi connectivity index (χ0n) is 7.14. The van der Waals surface area contributed by atoms with E-state index >= 15 is 0 Å². The summed E-state index contributed by atoms with van der Waals surface area (Å²) in [6, 6.07) is 0. The van der Waals surface area contributed by atoms with Gasteiger partial charge in [-0.05, 0) is 17.2 Å². The predicted octanol–water partition coefficient (Wildman–Crippen LogP) is 1.60. The summed E-state index contributed by atoms with van der Waals surface area (Å²) < 4.78 is 0. The van der Waals surface area contributed by atoms with E-state index in [1.54, 1.807) is 12.2 Å². The minimum Gasteiger partial charge on any atom is -0.399 e. The van der Waals surface area contributed by atoms with Gasteiger partial charge in [-0.15, -0.1) is 0 Å². The Morgan fingerprint density at radius 1 is 1.00 bits per heavy atom. The van der Waals surface area contributed by atoms with E-state index in [1.807, 2.05) is 0 Å². The number of rotatable bonds is 4. The standard InChI is InChI=1S/C10H14N2/c1-5-7(2)10(12)6-8(3)9(4)11/h5-6H,1-4,11-12H2/b10-6-. The lowest BCUT2D eigenvalue weighted by molar-refractivity contribution is 1.31. The third kappa shape index (κ3) is 2.92. The zero-order chi connectivity index (χ0) is 9.72. The van der Waals surface area contributed by atoms with E-state index in [4.69, 9.17) is 11.5 Å². The van der Waals surface area contributed by atoms with Gasteiger partial charge in [-0.2, -0.15) is 0 Å². The maximum Gasteiger partial charge on any atom is 0.0387 e. The van der Waals surface area contributed by atoms with Crippen LogP contribution in [0.3, 0.4) is 0 Å². The molecule has 0 heterocycles. The SMILES string of the molecule is C=CC(=C)/C(N)=C/C(=C)C(=C)N. The molecule has 0 radical (unpaired) electrons. The second kappa shape index (κ2) is 4.23. The minimum absolute atomic E-state index is 0.398. The molecule has 0 aliphatic rings. The monoisotopic (exact) mass is 162 g/mol. The van der Waals surface area contributed by atoms with Gasteiger partial charge in [-0.3, -0.25) is 0 Å². The highest BCUT2D eigenvalue weighted by molar-refractivity contribution is 5.43. The lowest BCUT2D eigenvalue weighted by Gasteiger charge is -2.02. The molecule has 0 spiro atoms. The Morgan fingerprint density at radius 3 is 1.83 bits per heavy atom. The molecule has 0 aliphatic carbocycles. The summed E-state index contributed by atoms with van der Waals surface area (Å²) >= 11 is 0. The Kier molecular flexibility index (Phi) is 3.63. The van der Waals surface area contributed by atoms with E-state index in [0.29, 0.717) is 22.5 Å². The molecule has 0 aliphatic heterocycles. The van der Waals surface area contributed by atoms with Crippen LogP contribution in [0.4, 0.5) is 0 Å². The van der Waals surface area contributed by atoms with Gasteiger partial charge in [0.2, 0.25) is 0 Å². The van der Waals surface area contributed by atoms with Crippen LogP contribution in [-0.4, -0.2) is 0 Å². The third-order valence-electron chi connectivity index (χ3n) is 1.36. The molecule has 0 fully saturated rings. The van der Waals surface area contributed by atoms with Crippen LogP contribution >= 0.6 is 0 Å². The summed E-state index contributed by atoms with van der Waals surface area (Å²) in [6.45, 7) is 14.4. The molecule has 2 heteroatoms. The molecule has 0 unspecified atom stereocenters. The fourth-order valence-corrected chi connectivity index (χ4v) is 0.491. The van der Waals surface area contributed by atoms with E-state index < -0.39 is 0 Å². The van der Waals surface area contributed by atoms with Crippen LogP contribution in [-0.2, 0) is 0 Å². The first kappa shape index (κ1) is 10.3. The summed E-state index contributed by atoms with van der Waals surface area (Å²) in [5, 5.41) is 0. The maximum atomic E-state index is 5.60.